The van der Waals surface area contributed by atoms with E-state index in [4.69, 9.17) is 5.11 Å². The van der Waals surface area contributed by atoms with Crippen LogP contribution < -0.4 is 4.33 Å². The molecule has 3 nitrogen and oxygen atoms in total. The van der Waals surface area contributed by atoms with Gasteiger partial charge in [0.25, 0.3) is 0 Å². The van der Waals surface area contributed by atoms with Crippen molar-refractivity contribution in [1.82, 2.24) is 4.33 Å². The number of unbranched alkanes of at least 4 members (excludes halogenated alkanes) is 2. The minimum atomic E-state index is -0.825. The quantitative estimate of drug-likeness (QED) is 0.320. The van der Waals surface area contributed by atoms with Gasteiger partial charge in [-0.2, -0.15) is 0 Å². The van der Waals surface area contributed by atoms with Gasteiger partial charge in [-0.1, -0.05) is 0 Å². The zero-order valence-corrected chi connectivity index (χ0v) is 15.3. The molecule has 0 aromatic carbocycles. The fraction of sp³-hybridized carbons (Fsp3) is 0.909. The molecule has 0 rings (SSSR count). The van der Waals surface area contributed by atoms with Gasteiger partial charge in [0, 0.05) is 0 Å². The summed E-state index contributed by atoms with van der Waals surface area (Å²) < 4.78 is 2.82. The molecule has 2 N–H and O–H groups in total. The topological polar surface area (TPSA) is 49.3 Å². The summed E-state index contributed by atoms with van der Waals surface area (Å²) in [7, 11) is 0. The third-order valence-electron chi connectivity index (χ3n) is 1.84. The van der Waals surface area contributed by atoms with E-state index in [0.717, 1.165) is 15.0 Å². The van der Waals surface area contributed by atoms with Crippen LogP contribution in [-0.4, -0.2) is 53.0 Å². The molecule has 0 amide bonds. The Hall–Kier alpha value is 0.819. The third-order valence-corrected chi connectivity index (χ3v) is 5.36. The van der Waals surface area contributed by atoms with Gasteiger partial charge in [0.1, 0.15) is 0 Å². The van der Waals surface area contributed by atoms with Crippen molar-refractivity contribution in [3.63, 3.8) is 0 Å². The van der Waals surface area contributed by atoms with E-state index in [0.29, 0.717) is 5.75 Å². The van der Waals surface area contributed by atoms with E-state index in [1.807, 2.05) is 5.82 Å². The number of aliphatic carboxylic acids is 1. The summed E-state index contributed by atoms with van der Waals surface area (Å²) in [5, 5.41) is 11.3. The van der Waals surface area contributed by atoms with E-state index < -0.39 is 12.0 Å². The maximum atomic E-state index is 10.2. The second-order valence-electron chi connectivity index (χ2n) is 3.30. The fourth-order valence-corrected chi connectivity index (χ4v) is 3.88. The van der Waals surface area contributed by atoms with Gasteiger partial charge in [-0.3, -0.25) is 0 Å². The molecule has 104 valence electrons. The number of thiol groups is 1. The van der Waals surface area contributed by atoms with Crippen LogP contribution in [0.5, 0.6) is 0 Å². The minimum absolute atomic E-state index is 0.200. The van der Waals surface area contributed by atoms with E-state index in [1.165, 1.54) is 29.9 Å². The SMILES string of the molecule is CCCCC[Se]CC.C[Se]NC(CS)C(=O)O. The summed E-state index contributed by atoms with van der Waals surface area (Å²) >= 11 is 5.02. The fourth-order valence-electron chi connectivity index (χ4n) is 0.906. The second-order valence-corrected chi connectivity index (χ2v) is 7.94. The Morgan fingerprint density at radius 3 is 2.35 bits per heavy atom. The average Bonchev–Trinajstić information content (AvgIpc) is 2.32. The number of hydrogen-bond acceptors (Lipinski definition) is 3. The molecule has 0 heterocycles. The van der Waals surface area contributed by atoms with Crippen molar-refractivity contribution in [2.24, 2.45) is 0 Å². The van der Waals surface area contributed by atoms with Crippen molar-refractivity contribution >= 4 is 48.7 Å². The molecular weight excluding hydrogens is 368 g/mol. The first-order valence-corrected chi connectivity index (χ1v) is 11.5. The van der Waals surface area contributed by atoms with Crippen LogP contribution >= 0.6 is 12.6 Å². The van der Waals surface area contributed by atoms with E-state index in [9.17, 15) is 4.79 Å². The predicted octanol–water partition coefficient (Wildman–Crippen LogP) is 2.36. The maximum absolute atomic E-state index is 10.2. The Kier molecular flexibility index (Phi) is 19.9. The molecule has 0 radical (unpaired) electrons. The van der Waals surface area contributed by atoms with Crippen molar-refractivity contribution < 1.29 is 9.90 Å². The first kappa shape index (κ1) is 20.1. The number of carboxylic acid groups (broad SMARTS) is 1. The van der Waals surface area contributed by atoms with Gasteiger partial charge in [0.15, 0.2) is 0 Å². The number of carbonyl (C=O) groups is 1. The van der Waals surface area contributed by atoms with Crippen LogP contribution in [0, 0.1) is 0 Å². The van der Waals surface area contributed by atoms with Crippen LogP contribution in [-0.2, 0) is 4.79 Å². The van der Waals surface area contributed by atoms with Gasteiger partial charge < -0.3 is 0 Å². The molecule has 0 aromatic rings. The van der Waals surface area contributed by atoms with E-state index >= 15 is 0 Å². The molecule has 1 atom stereocenters. The molecule has 6 heteroatoms. The van der Waals surface area contributed by atoms with Gasteiger partial charge in [0.2, 0.25) is 0 Å². The molecule has 0 aromatic heterocycles. The molecule has 0 bridgehead atoms. The summed E-state index contributed by atoms with van der Waals surface area (Å²) in [5.74, 6) is 1.45. The van der Waals surface area contributed by atoms with Crippen LogP contribution in [0.3, 0.4) is 0 Å². The van der Waals surface area contributed by atoms with Crippen LogP contribution in [0.4, 0.5) is 0 Å². The monoisotopic (exact) mass is 395 g/mol. The Labute approximate surface area is 124 Å². The summed E-state index contributed by atoms with van der Waals surface area (Å²) in [5.41, 5.74) is 0. The van der Waals surface area contributed by atoms with Crippen molar-refractivity contribution in [3.8, 4) is 0 Å². The number of carboxylic acids is 1. The van der Waals surface area contributed by atoms with Gasteiger partial charge in [-0.15, -0.1) is 0 Å². The molecule has 0 aliphatic heterocycles. The Morgan fingerprint density at radius 1 is 1.41 bits per heavy atom. The third kappa shape index (κ3) is 16.8. The first-order chi connectivity index (χ1) is 8.13. The Balaban J connectivity index is 0. The van der Waals surface area contributed by atoms with Crippen LogP contribution in [0.2, 0.25) is 16.5 Å². The van der Waals surface area contributed by atoms with Gasteiger partial charge in [-0.25, -0.2) is 0 Å². The van der Waals surface area contributed by atoms with E-state index in [2.05, 4.69) is 30.8 Å². The van der Waals surface area contributed by atoms with Crippen molar-refractivity contribution in [2.75, 3.05) is 5.75 Å². The molecule has 0 fully saturated rings. The van der Waals surface area contributed by atoms with Crippen LogP contribution in [0.15, 0.2) is 0 Å². The standard InChI is InChI=1S/C7H16Se.C4H9NO2SSe/c1-3-5-6-7-8-4-2;1-9-5-3(2-8)4(6)7/h3-7H2,1-2H3;3,5,8H,2H2,1H3,(H,6,7). The van der Waals surface area contributed by atoms with Crippen molar-refractivity contribution in [1.29, 1.82) is 0 Å². The summed E-state index contributed by atoms with van der Waals surface area (Å²) in [6.45, 7) is 4.55. The molecule has 0 saturated heterocycles. The van der Waals surface area contributed by atoms with Gasteiger partial charge in [0.05, 0.1) is 0 Å². The van der Waals surface area contributed by atoms with E-state index in [-0.39, 0.29) is 15.2 Å². The van der Waals surface area contributed by atoms with Gasteiger partial charge in [-0.05, 0) is 0 Å². The average molecular weight is 393 g/mol. The number of rotatable bonds is 9. The molecule has 0 spiro atoms. The first-order valence-electron chi connectivity index (χ1n) is 5.83. The molecule has 0 aliphatic rings. The van der Waals surface area contributed by atoms with E-state index in [1.54, 1.807) is 0 Å². The normalized spacial score (nSPS) is 11.5. The number of nitrogens with one attached hydrogen (secondary N) is 1. The van der Waals surface area contributed by atoms with Crippen LogP contribution in [0.25, 0.3) is 0 Å². The zero-order valence-electron chi connectivity index (χ0n) is 10.9. The summed E-state index contributed by atoms with van der Waals surface area (Å²) in [6.07, 6.45) is 4.30. The molecule has 1 unspecified atom stereocenters. The van der Waals surface area contributed by atoms with Crippen LogP contribution in [0.1, 0.15) is 33.1 Å². The molecule has 0 saturated carbocycles. The van der Waals surface area contributed by atoms with Crippen molar-refractivity contribution in [2.45, 2.75) is 55.6 Å². The second kappa shape index (κ2) is 16.8. The molecular formula is C11H25NO2SSe2. The molecule has 17 heavy (non-hydrogen) atoms. The molecule has 0 aliphatic carbocycles. The van der Waals surface area contributed by atoms with Gasteiger partial charge >= 0.3 is 124 Å². The Bertz CT molecular complexity index is 168. The van der Waals surface area contributed by atoms with Crippen molar-refractivity contribution in [3.05, 3.63) is 0 Å². The Morgan fingerprint density at radius 2 is 2.06 bits per heavy atom. The number of hydrogen-bond donors (Lipinski definition) is 3. The zero-order chi connectivity index (χ0) is 13.5. The summed E-state index contributed by atoms with van der Waals surface area (Å²) in [4.78, 5) is 10.2. The summed E-state index contributed by atoms with van der Waals surface area (Å²) in [6, 6.07) is -0.474. The predicted molar refractivity (Wildman–Crippen MR) is 80.6 cm³/mol.